The number of carbonyl (C=O) groups excluding carboxylic acids is 2. The Bertz CT molecular complexity index is 993. The molecule has 0 unspecified atom stereocenters. The molecule has 1 aromatic heterocycles. The number of Topliss-reactive ketones (excluding diaryl/α,β-unsaturated/α-hetero) is 1. The van der Waals surface area contributed by atoms with Gasteiger partial charge in [0.2, 0.25) is 0 Å². The number of hydrogen-bond donors (Lipinski definition) is 0. The number of benzene rings is 2. The van der Waals surface area contributed by atoms with Crippen molar-refractivity contribution < 1.29 is 23.1 Å². The molecule has 0 saturated heterocycles. The molecule has 0 fully saturated rings. The van der Waals surface area contributed by atoms with Gasteiger partial charge in [0.1, 0.15) is 17.2 Å². The molecule has 0 N–H and O–H groups in total. The summed E-state index contributed by atoms with van der Waals surface area (Å²) < 4.78 is 32.6. The van der Waals surface area contributed by atoms with Crippen molar-refractivity contribution in [3.63, 3.8) is 0 Å². The van der Waals surface area contributed by atoms with E-state index in [0.29, 0.717) is 17.1 Å². The molecule has 0 radical (unpaired) electrons. The van der Waals surface area contributed by atoms with Gasteiger partial charge in [-0.25, -0.2) is 18.3 Å². The van der Waals surface area contributed by atoms with Gasteiger partial charge in [-0.2, -0.15) is 5.10 Å². The molecule has 0 aliphatic carbocycles. The van der Waals surface area contributed by atoms with Crippen molar-refractivity contribution in [2.75, 3.05) is 6.61 Å². The molecular weight excluding hydrogens is 354 g/mol. The van der Waals surface area contributed by atoms with Crippen LogP contribution in [0.25, 0.3) is 5.69 Å². The number of carbonyl (C=O) groups is 2. The van der Waals surface area contributed by atoms with E-state index in [1.807, 2.05) is 0 Å². The first-order valence-corrected chi connectivity index (χ1v) is 8.15. The molecule has 0 aliphatic heterocycles. The minimum Gasteiger partial charge on any atom is -0.454 e. The van der Waals surface area contributed by atoms with E-state index < -0.39 is 24.2 Å². The first-order valence-electron chi connectivity index (χ1n) is 8.15. The average molecular weight is 370 g/mol. The molecule has 0 aliphatic rings. The summed E-state index contributed by atoms with van der Waals surface area (Å²) in [5.74, 6) is -1.96. The van der Waals surface area contributed by atoms with Crippen LogP contribution in [0.1, 0.15) is 32.1 Å². The number of ether oxygens (including phenoxy) is 1. The molecule has 3 rings (SSSR count). The number of aryl methyl sites for hydroxylation is 1. The van der Waals surface area contributed by atoms with Crippen LogP contribution in [0.3, 0.4) is 0 Å². The van der Waals surface area contributed by atoms with Crippen LogP contribution in [-0.4, -0.2) is 28.1 Å². The second-order valence-electron chi connectivity index (χ2n) is 5.94. The van der Waals surface area contributed by atoms with Gasteiger partial charge in [-0.3, -0.25) is 4.79 Å². The zero-order valence-electron chi connectivity index (χ0n) is 14.7. The van der Waals surface area contributed by atoms with Crippen molar-refractivity contribution in [3.05, 3.63) is 82.7 Å². The van der Waals surface area contributed by atoms with Crippen molar-refractivity contribution in [2.24, 2.45) is 0 Å². The van der Waals surface area contributed by atoms with Gasteiger partial charge < -0.3 is 4.74 Å². The molecule has 138 valence electrons. The Morgan fingerprint density at radius 2 is 1.52 bits per heavy atom. The zero-order valence-corrected chi connectivity index (χ0v) is 14.7. The minimum atomic E-state index is -0.686. The minimum absolute atomic E-state index is 0.242. The van der Waals surface area contributed by atoms with Crippen LogP contribution in [0.15, 0.2) is 48.5 Å². The quantitative estimate of drug-likeness (QED) is 0.506. The Morgan fingerprint density at radius 3 is 2.11 bits per heavy atom. The SMILES string of the molecule is Cc1nn(-c2ccc(F)cc2)c(C)c1C(=O)OCC(=O)c1ccc(F)cc1. The number of rotatable bonds is 5. The van der Waals surface area contributed by atoms with Crippen LogP contribution < -0.4 is 0 Å². The summed E-state index contributed by atoms with van der Waals surface area (Å²) in [5.41, 5.74) is 2.03. The molecule has 0 bridgehead atoms. The van der Waals surface area contributed by atoms with Gasteiger partial charge in [0, 0.05) is 5.56 Å². The topological polar surface area (TPSA) is 61.2 Å². The third kappa shape index (κ3) is 3.92. The van der Waals surface area contributed by atoms with Gasteiger partial charge in [0.25, 0.3) is 0 Å². The Labute approximate surface area is 154 Å². The number of hydrogen-bond acceptors (Lipinski definition) is 4. The Hall–Kier alpha value is -3.35. The van der Waals surface area contributed by atoms with E-state index >= 15 is 0 Å². The second kappa shape index (κ2) is 7.49. The molecule has 5 nitrogen and oxygen atoms in total. The van der Waals surface area contributed by atoms with E-state index in [1.54, 1.807) is 26.0 Å². The zero-order chi connectivity index (χ0) is 19.6. The van der Waals surface area contributed by atoms with Crippen LogP contribution in [0.4, 0.5) is 8.78 Å². The molecule has 27 heavy (non-hydrogen) atoms. The lowest BCUT2D eigenvalue weighted by molar-refractivity contribution is 0.0473. The fourth-order valence-corrected chi connectivity index (χ4v) is 2.69. The summed E-state index contributed by atoms with van der Waals surface area (Å²) in [7, 11) is 0. The van der Waals surface area contributed by atoms with Crippen molar-refractivity contribution in [3.8, 4) is 5.69 Å². The van der Waals surface area contributed by atoms with E-state index in [0.717, 1.165) is 12.1 Å². The van der Waals surface area contributed by atoms with Gasteiger partial charge in [0.05, 0.1) is 17.1 Å². The molecule has 3 aromatic rings. The number of ketones is 1. The van der Waals surface area contributed by atoms with Gasteiger partial charge in [-0.1, -0.05) is 0 Å². The monoisotopic (exact) mass is 370 g/mol. The maximum absolute atomic E-state index is 13.1. The van der Waals surface area contributed by atoms with Crippen LogP contribution in [-0.2, 0) is 4.74 Å². The first-order chi connectivity index (χ1) is 12.9. The molecule has 7 heteroatoms. The smallest absolute Gasteiger partial charge is 0.342 e. The highest BCUT2D eigenvalue weighted by Gasteiger charge is 2.22. The van der Waals surface area contributed by atoms with Crippen molar-refractivity contribution >= 4 is 11.8 Å². The molecule has 0 amide bonds. The van der Waals surface area contributed by atoms with Crippen molar-refractivity contribution in [2.45, 2.75) is 13.8 Å². The van der Waals surface area contributed by atoms with Crippen molar-refractivity contribution in [1.82, 2.24) is 9.78 Å². The maximum Gasteiger partial charge on any atom is 0.342 e. The third-order valence-corrected chi connectivity index (χ3v) is 4.07. The Balaban J connectivity index is 1.76. The van der Waals surface area contributed by atoms with E-state index in [9.17, 15) is 18.4 Å². The summed E-state index contributed by atoms with van der Waals surface area (Å²) in [6.07, 6.45) is 0. The molecule has 0 atom stereocenters. The highest BCUT2D eigenvalue weighted by atomic mass is 19.1. The normalized spacial score (nSPS) is 10.7. The van der Waals surface area contributed by atoms with E-state index in [-0.39, 0.29) is 16.9 Å². The third-order valence-electron chi connectivity index (χ3n) is 4.07. The predicted molar refractivity (Wildman–Crippen MR) is 94.0 cm³/mol. The van der Waals surface area contributed by atoms with Crippen LogP contribution in [0.2, 0.25) is 0 Å². The Morgan fingerprint density at radius 1 is 0.963 bits per heavy atom. The summed E-state index contributed by atoms with van der Waals surface area (Å²) in [6, 6.07) is 10.7. The number of aromatic nitrogens is 2. The molecule has 2 aromatic carbocycles. The number of halogens is 2. The number of nitrogens with zero attached hydrogens (tertiary/aromatic N) is 2. The molecule has 0 spiro atoms. The molecule has 1 heterocycles. The van der Waals surface area contributed by atoms with Gasteiger partial charge in [-0.05, 0) is 62.4 Å². The lowest BCUT2D eigenvalue weighted by atomic mass is 10.1. The fraction of sp³-hybridized carbons (Fsp3) is 0.150. The standard InChI is InChI=1S/C20H16F2N2O3/c1-12-19(13(2)24(23-12)17-9-7-16(22)8-10-17)20(26)27-11-18(25)14-3-5-15(21)6-4-14/h3-10H,11H2,1-2H3. The first kappa shape index (κ1) is 18.4. The van der Waals surface area contributed by atoms with Gasteiger partial charge in [-0.15, -0.1) is 0 Å². The largest absolute Gasteiger partial charge is 0.454 e. The van der Waals surface area contributed by atoms with E-state index in [1.165, 1.54) is 28.9 Å². The highest BCUT2D eigenvalue weighted by Crippen LogP contribution is 2.19. The summed E-state index contributed by atoms with van der Waals surface area (Å²) >= 11 is 0. The summed E-state index contributed by atoms with van der Waals surface area (Å²) in [6.45, 7) is 2.86. The maximum atomic E-state index is 13.1. The van der Waals surface area contributed by atoms with E-state index in [2.05, 4.69) is 5.10 Å². The van der Waals surface area contributed by atoms with Crippen LogP contribution in [0, 0.1) is 25.5 Å². The van der Waals surface area contributed by atoms with Crippen LogP contribution in [0.5, 0.6) is 0 Å². The lowest BCUT2D eigenvalue weighted by Gasteiger charge is -2.06. The predicted octanol–water partition coefficient (Wildman–Crippen LogP) is 3.81. The molecular formula is C20H16F2N2O3. The lowest BCUT2D eigenvalue weighted by Crippen LogP contribution is -2.15. The summed E-state index contributed by atoms with van der Waals surface area (Å²) in [5, 5.41) is 4.29. The van der Waals surface area contributed by atoms with Gasteiger partial charge in [0.15, 0.2) is 12.4 Å². The second-order valence-corrected chi connectivity index (χ2v) is 5.94. The number of esters is 1. The van der Waals surface area contributed by atoms with Crippen molar-refractivity contribution in [1.29, 1.82) is 0 Å². The van der Waals surface area contributed by atoms with Gasteiger partial charge >= 0.3 is 5.97 Å². The highest BCUT2D eigenvalue weighted by molar-refractivity contribution is 5.99. The molecule has 0 saturated carbocycles. The average Bonchev–Trinajstić information content (AvgIpc) is 2.95. The Kier molecular flexibility index (Phi) is 5.12. The van der Waals surface area contributed by atoms with Crippen LogP contribution >= 0.6 is 0 Å². The fourth-order valence-electron chi connectivity index (χ4n) is 2.69. The van der Waals surface area contributed by atoms with E-state index in [4.69, 9.17) is 4.74 Å². The summed E-state index contributed by atoms with van der Waals surface area (Å²) in [4.78, 5) is 24.5.